The van der Waals surface area contributed by atoms with Crippen molar-refractivity contribution < 1.29 is 19.1 Å². The number of allylic oxidation sites excluding steroid dienone is 2. The van der Waals surface area contributed by atoms with Crippen molar-refractivity contribution in [1.29, 1.82) is 0 Å². The van der Waals surface area contributed by atoms with Gasteiger partial charge in [-0.05, 0) is 55.5 Å². The molecule has 1 N–H and O–H groups in total. The molecular weight excluding hydrogens is 476 g/mol. The first-order chi connectivity index (χ1) is 17.1. The highest BCUT2D eigenvalue weighted by atomic mass is 35.5. The quantitative estimate of drug-likeness (QED) is 0.423. The number of hydrogen-bond acceptors (Lipinski definition) is 5. The predicted octanol–water partition coefficient (Wildman–Crippen LogP) is 5.61. The minimum absolute atomic E-state index is 0.0348. The fraction of sp³-hybridized carbons (Fsp3) is 0.379. The molecule has 1 aliphatic heterocycles. The lowest BCUT2D eigenvalue weighted by molar-refractivity contribution is -0.124. The molecule has 1 atom stereocenters. The zero-order chi connectivity index (χ0) is 26.4. The number of amides is 1. The molecule has 1 aliphatic rings. The van der Waals surface area contributed by atoms with Crippen LogP contribution in [-0.4, -0.2) is 36.3 Å². The molecule has 2 aromatic rings. The average molecular weight is 509 g/mol. The van der Waals surface area contributed by atoms with Gasteiger partial charge in [0.05, 0.1) is 23.3 Å². The summed E-state index contributed by atoms with van der Waals surface area (Å²) in [5, 5.41) is 3.03. The average Bonchev–Trinajstić information content (AvgIpc) is 2.84. The Morgan fingerprint density at radius 1 is 1.08 bits per heavy atom. The van der Waals surface area contributed by atoms with E-state index in [1.165, 1.54) is 0 Å². The van der Waals surface area contributed by atoms with Crippen LogP contribution in [0.3, 0.4) is 0 Å². The van der Waals surface area contributed by atoms with Crippen LogP contribution in [0.25, 0.3) is 0 Å². The molecule has 190 valence electrons. The Labute approximate surface area is 217 Å². The third kappa shape index (κ3) is 7.14. The van der Waals surface area contributed by atoms with Crippen LogP contribution in [0.15, 0.2) is 59.2 Å². The van der Waals surface area contributed by atoms with Gasteiger partial charge in [-0.2, -0.15) is 0 Å². The Morgan fingerprint density at radius 2 is 1.78 bits per heavy atom. The molecule has 0 bridgehead atoms. The maximum atomic E-state index is 13.0. The molecule has 6 nitrogen and oxygen atoms in total. The number of carbonyl (C=O) groups excluding carboxylic acids is 3. The van der Waals surface area contributed by atoms with E-state index in [4.69, 9.17) is 16.3 Å². The number of benzene rings is 2. The fourth-order valence-corrected chi connectivity index (χ4v) is 4.24. The second kappa shape index (κ2) is 12.1. The van der Waals surface area contributed by atoms with Crippen LogP contribution >= 0.6 is 11.6 Å². The SMILES string of the molecule is CNC(=O)[C@@H](CC(=O)c1ccc(OC(C)C)c(Cl)c1)Cc1ccc(C2=NC(C(C)C)=CC(=O)C2)cc1. The van der Waals surface area contributed by atoms with Crippen molar-refractivity contribution in [2.45, 2.75) is 53.1 Å². The highest BCUT2D eigenvalue weighted by molar-refractivity contribution is 6.32. The summed E-state index contributed by atoms with van der Waals surface area (Å²) in [6.45, 7) is 7.82. The van der Waals surface area contributed by atoms with Crippen molar-refractivity contribution >= 4 is 34.8 Å². The summed E-state index contributed by atoms with van der Waals surface area (Å²) < 4.78 is 5.63. The zero-order valence-electron chi connectivity index (χ0n) is 21.4. The van der Waals surface area contributed by atoms with Crippen molar-refractivity contribution in [3.63, 3.8) is 0 Å². The first-order valence-corrected chi connectivity index (χ1v) is 12.6. The first-order valence-electron chi connectivity index (χ1n) is 12.2. The van der Waals surface area contributed by atoms with Gasteiger partial charge in [0.1, 0.15) is 5.75 Å². The van der Waals surface area contributed by atoms with Crippen LogP contribution in [-0.2, 0) is 16.0 Å². The predicted molar refractivity (Wildman–Crippen MR) is 143 cm³/mol. The van der Waals surface area contributed by atoms with Gasteiger partial charge < -0.3 is 10.1 Å². The molecule has 0 saturated carbocycles. The summed E-state index contributed by atoms with van der Waals surface area (Å²) in [7, 11) is 1.57. The van der Waals surface area contributed by atoms with Gasteiger partial charge in [0.2, 0.25) is 5.91 Å². The highest BCUT2D eigenvalue weighted by Crippen LogP contribution is 2.28. The molecule has 0 fully saturated rings. The van der Waals surface area contributed by atoms with E-state index < -0.39 is 5.92 Å². The number of nitrogens with one attached hydrogen (secondary N) is 1. The van der Waals surface area contributed by atoms with Gasteiger partial charge in [-0.15, -0.1) is 0 Å². The third-order valence-corrected chi connectivity index (χ3v) is 6.24. The lowest BCUT2D eigenvalue weighted by atomic mass is 9.90. The van der Waals surface area contributed by atoms with Crippen molar-refractivity contribution in [3.8, 4) is 5.75 Å². The summed E-state index contributed by atoms with van der Waals surface area (Å²) in [6.07, 6.45) is 2.30. The minimum atomic E-state index is -0.539. The monoisotopic (exact) mass is 508 g/mol. The van der Waals surface area contributed by atoms with Crippen molar-refractivity contribution in [2.75, 3.05) is 7.05 Å². The van der Waals surface area contributed by atoms with Gasteiger partial charge in [-0.25, -0.2) is 0 Å². The molecule has 0 radical (unpaired) electrons. The number of aliphatic imine (C=N–C) groups is 1. The lowest BCUT2D eigenvalue weighted by Gasteiger charge is -2.17. The number of rotatable bonds is 10. The van der Waals surface area contributed by atoms with Gasteiger partial charge in [0.15, 0.2) is 11.6 Å². The number of ketones is 2. The molecule has 0 saturated heterocycles. The van der Waals surface area contributed by atoms with Crippen LogP contribution in [0.2, 0.25) is 5.02 Å². The normalized spacial score (nSPS) is 14.4. The maximum absolute atomic E-state index is 13.0. The molecular formula is C29H33ClN2O4. The zero-order valence-corrected chi connectivity index (χ0v) is 22.2. The van der Waals surface area contributed by atoms with E-state index in [1.807, 2.05) is 52.0 Å². The second-order valence-corrected chi connectivity index (χ2v) is 9.98. The molecule has 2 aromatic carbocycles. The smallest absolute Gasteiger partial charge is 0.223 e. The number of halogens is 1. The van der Waals surface area contributed by atoms with Gasteiger partial charge in [-0.1, -0.05) is 49.7 Å². The van der Waals surface area contributed by atoms with Crippen molar-refractivity contribution in [3.05, 3.63) is 76.0 Å². The summed E-state index contributed by atoms with van der Waals surface area (Å²) in [4.78, 5) is 42.4. The summed E-state index contributed by atoms with van der Waals surface area (Å²) in [5.41, 5.74) is 3.77. The molecule has 0 unspecified atom stereocenters. The van der Waals surface area contributed by atoms with E-state index >= 15 is 0 Å². The van der Waals surface area contributed by atoms with E-state index in [0.29, 0.717) is 22.8 Å². The molecule has 1 amide bonds. The van der Waals surface area contributed by atoms with E-state index in [0.717, 1.165) is 22.5 Å². The van der Waals surface area contributed by atoms with Crippen LogP contribution in [0, 0.1) is 11.8 Å². The molecule has 1 heterocycles. The highest BCUT2D eigenvalue weighted by Gasteiger charge is 2.23. The van der Waals surface area contributed by atoms with Gasteiger partial charge in [0, 0.05) is 36.7 Å². The Hall–Kier alpha value is -3.25. The number of Topliss-reactive ketones (excluding diaryl/α,β-unsaturated/α-hetero) is 1. The summed E-state index contributed by atoms with van der Waals surface area (Å²) in [6, 6.07) is 12.6. The Kier molecular flexibility index (Phi) is 9.21. The van der Waals surface area contributed by atoms with Crippen molar-refractivity contribution in [1.82, 2.24) is 5.32 Å². The summed E-state index contributed by atoms with van der Waals surface area (Å²) >= 11 is 6.30. The molecule has 36 heavy (non-hydrogen) atoms. The first kappa shape index (κ1) is 27.3. The number of carbonyl (C=O) groups is 3. The van der Waals surface area contributed by atoms with Crippen LogP contribution in [0.4, 0.5) is 0 Å². The topological polar surface area (TPSA) is 84.8 Å². The molecule has 0 aromatic heterocycles. The second-order valence-electron chi connectivity index (χ2n) is 9.58. The molecule has 3 rings (SSSR count). The maximum Gasteiger partial charge on any atom is 0.223 e. The lowest BCUT2D eigenvalue weighted by Crippen LogP contribution is -2.30. The van der Waals surface area contributed by atoms with Gasteiger partial charge >= 0.3 is 0 Å². The van der Waals surface area contributed by atoms with Crippen LogP contribution in [0.5, 0.6) is 5.75 Å². The molecule has 0 spiro atoms. The van der Waals surface area contributed by atoms with E-state index in [-0.39, 0.29) is 42.3 Å². The van der Waals surface area contributed by atoms with E-state index in [2.05, 4.69) is 10.3 Å². The van der Waals surface area contributed by atoms with E-state index in [1.54, 1.807) is 31.3 Å². The van der Waals surface area contributed by atoms with Crippen LogP contribution < -0.4 is 10.1 Å². The van der Waals surface area contributed by atoms with Crippen LogP contribution in [0.1, 0.15) is 62.0 Å². The molecule has 0 aliphatic carbocycles. The number of nitrogens with zero attached hydrogens (tertiary/aromatic N) is 1. The number of ether oxygens (including phenoxy) is 1. The Bertz CT molecular complexity index is 1200. The van der Waals surface area contributed by atoms with Gasteiger partial charge in [0.25, 0.3) is 0 Å². The van der Waals surface area contributed by atoms with Crippen molar-refractivity contribution in [2.24, 2.45) is 16.8 Å². The molecule has 7 heteroatoms. The number of hydrogen-bond donors (Lipinski definition) is 1. The summed E-state index contributed by atoms with van der Waals surface area (Å²) in [5.74, 6) is -0.166. The fourth-order valence-electron chi connectivity index (χ4n) is 4.02. The van der Waals surface area contributed by atoms with E-state index in [9.17, 15) is 14.4 Å². The Morgan fingerprint density at radius 3 is 2.36 bits per heavy atom. The third-order valence-electron chi connectivity index (χ3n) is 5.94. The standard InChI is InChI=1S/C29H33ClN2O4/c1-17(2)25-15-23(33)16-26(32-25)20-8-6-19(7-9-20)12-22(29(35)31-5)14-27(34)21-10-11-28(24(30)13-21)36-18(3)4/h6-11,13,15,17-18,22H,12,14,16H2,1-5H3,(H,31,35)/t22-/m1/s1. The largest absolute Gasteiger partial charge is 0.489 e. The minimum Gasteiger partial charge on any atom is -0.489 e. The van der Waals surface area contributed by atoms with Gasteiger partial charge in [-0.3, -0.25) is 19.4 Å². The Balaban J connectivity index is 1.73.